The van der Waals surface area contributed by atoms with Crippen molar-refractivity contribution in [2.45, 2.75) is 76.7 Å². The molecule has 0 aliphatic heterocycles. The second kappa shape index (κ2) is 12.7. The maximum atomic E-state index is 12.6. The maximum absolute atomic E-state index is 12.6. The summed E-state index contributed by atoms with van der Waals surface area (Å²) >= 11 is 12.2. The summed E-state index contributed by atoms with van der Waals surface area (Å²) in [5.41, 5.74) is 0.500. The van der Waals surface area contributed by atoms with Crippen LogP contribution >= 0.6 is 23.2 Å². The van der Waals surface area contributed by atoms with Crippen LogP contribution in [0, 0.1) is 11.3 Å². The second-order valence-electron chi connectivity index (χ2n) is 7.34. The molecule has 6 heteroatoms. The topological polar surface area (TPSA) is 64.9 Å². The Kier molecular flexibility index (Phi) is 10.2. The summed E-state index contributed by atoms with van der Waals surface area (Å²) in [6.07, 6.45) is 14.5. The van der Waals surface area contributed by atoms with Gasteiger partial charge in [0.05, 0.1) is 15.7 Å². The van der Waals surface area contributed by atoms with Crippen molar-refractivity contribution >= 4 is 34.8 Å². The van der Waals surface area contributed by atoms with Crippen molar-refractivity contribution < 1.29 is 4.79 Å². The summed E-state index contributed by atoms with van der Waals surface area (Å²) < 4.78 is 0. The van der Waals surface area contributed by atoms with Gasteiger partial charge in [0.1, 0.15) is 11.6 Å². The lowest BCUT2D eigenvalue weighted by Crippen LogP contribution is -2.35. The van der Waals surface area contributed by atoms with E-state index in [1.807, 2.05) is 6.07 Å². The molecule has 1 aliphatic rings. The average molecular weight is 422 g/mol. The van der Waals surface area contributed by atoms with Gasteiger partial charge in [-0.2, -0.15) is 5.26 Å². The van der Waals surface area contributed by atoms with Crippen molar-refractivity contribution in [3.63, 3.8) is 0 Å². The highest BCUT2D eigenvalue weighted by molar-refractivity contribution is 6.39. The number of nitrogens with one attached hydrogen (secondary N) is 2. The summed E-state index contributed by atoms with van der Waals surface area (Å²) in [6, 6.07) is 7.22. The van der Waals surface area contributed by atoms with Crippen LogP contribution < -0.4 is 10.6 Å². The maximum Gasteiger partial charge on any atom is 0.263 e. The molecule has 1 amide bonds. The number of carbonyl (C=O) groups excluding carboxylic acids is 1. The highest BCUT2D eigenvalue weighted by Gasteiger charge is 2.16. The van der Waals surface area contributed by atoms with Gasteiger partial charge in [-0.1, -0.05) is 87.1 Å². The zero-order valence-electron chi connectivity index (χ0n) is 16.3. The van der Waals surface area contributed by atoms with Crippen molar-refractivity contribution in [2.75, 3.05) is 5.32 Å². The summed E-state index contributed by atoms with van der Waals surface area (Å²) in [6.45, 7) is 0. The zero-order chi connectivity index (χ0) is 20.2. The smallest absolute Gasteiger partial charge is 0.263 e. The number of nitriles is 1. The number of anilines is 1. The van der Waals surface area contributed by atoms with Crippen LogP contribution in [-0.2, 0) is 4.79 Å². The Bertz CT molecular complexity index is 680. The number of halogens is 2. The number of carbonyl (C=O) groups is 1. The van der Waals surface area contributed by atoms with E-state index in [4.69, 9.17) is 23.2 Å². The van der Waals surface area contributed by atoms with E-state index in [0.29, 0.717) is 15.7 Å². The first-order chi connectivity index (χ1) is 13.6. The first-order valence-electron chi connectivity index (χ1n) is 10.2. The lowest BCUT2D eigenvalue weighted by atomic mass is 9.98. The highest BCUT2D eigenvalue weighted by atomic mass is 35.5. The Morgan fingerprint density at radius 1 is 0.964 bits per heavy atom. The van der Waals surface area contributed by atoms with Gasteiger partial charge in [-0.15, -0.1) is 0 Å². The van der Waals surface area contributed by atoms with E-state index in [9.17, 15) is 10.1 Å². The Labute approximate surface area is 178 Å². The minimum Gasteiger partial charge on any atom is -0.358 e. The Hall–Kier alpha value is -1.70. The van der Waals surface area contributed by atoms with E-state index in [1.165, 1.54) is 51.1 Å². The van der Waals surface area contributed by atoms with Gasteiger partial charge in [0.15, 0.2) is 0 Å². The fourth-order valence-corrected chi connectivity index (χ4v) is 4.01. The van der Waals surface area contributed by atoms with Gasteiger partial charge in [-0.3, -0.25) is 4.79 Å². The van der Waals surface area contributed by atoms with Crippen molar-refractivity contribution in [3.05, 3.63) is 40.0 Å². The van der Waals surface area contributed by atoms with Crippen molar-refractivity contribution in [1.29, 1.82) is 5.26 Å². The van der Waals surface area contributed by atoms with Crippen LogP contribution in [0.3, 0.4) is 0 Å². The fraction of sp³-hybridized carbons (Fsp3) is 0.545. The molecular weight excluding hydrogens is 393 g/mol. The Balaban J connectivity index is 1.97. The molecule has 1 aromatic carbocycles. The van der Waals surface area contributed by atoms with Crippen molar-refractivity contribution in [3.8, 4) is 6.07 Å². The molecule has 0 radical (unpaired) electrons. The van der Waals surface area contributed by atoms with Gasteiger partial charge in [0, 0.05) is 12.2 Å². The molecule has 152 valence electrons. The third kappa shape index (κ3) is 7.73. The molecule has 0 atom stereocenters. The molecule has 28 heavy (non-hydrogen) atoms. The number of hydrogen-bond acceptors (Lipinski definition) is 3. The quantitative estimate of drug-likeness (QED) is 0.424. The van der Waals surface area contributed by atoms with E-state index in [0.717, 1.165) is 25.7 Å². The molecule has 0 heterocycles. The molecule has 0 spiro atoms. The number of para-hydroxylation sites is 1. The lowest BCUT2D eigenvalue weighted by Gasteiger charge is -2.19. The normalized spacial score (nSPS) is 17.7. The molecule has 2 N–H and O–H groups in total. The number of rotatable bonds is 4. The third-order valence-corrected chi connectivity index (χ3v) is 5.76. The predicted molar refractivity (Wildman–Crippen MR) is 116 cm³/mol. The molecule has 1 aromatic rings. The van der Waals surface area contributed by atoms with E-state index in [2.05, 4.69) is 10.6 Å². The summed E-state index contributed by atoms with van der Waals surface area (Å²) in [7, 11) is 0. The molecule has 0 bridgehead atoms. The number of hydrogen-bond donors (Lipinski definition) is 2. The number of amides is 1. The zero-order valence-corrected chi connectivity index (χ0v) is 17.8. The minimum atomic E-state index is -0.352. The molecule has 0 saturated heterocycles. The Morgan fingerprint density at radius 2 is 1.46 bits per heavy atom. The third-order valence-electron chi connectivity index (χ3n) is 5.13. The van der Waals surface area contributed by atoms with Crippen LogP contribution in [0.1, 0.15) is 70.6 Å². The number of nitrogens with zero attached hydrogens (tertiary/aromatic N) is 1. The van der Waals surface area contributed by atoms with Gasteiger partial charge >= 0.3 is 0 Å². The predicted octanol–water partition coefficient (Wildman–Crippen LogP) is 6.60. The molecule has 4 nitrogen and oxygen atoms in total. The van der Waals surface area contributed by atoms with Crippen molar-refractivity contribution in [1.82, 2.24) is 5.32 Å². The van der Waals surface area contributed by atoms with Gasteiger partial charge in [0.2, 0.25) is 0 Å². The van der Waals surface area contributed by atoms with E-state index >= 15 is 0 Å². The molecule has 1 aliphatic carbocycles. The molecule has 0 aromatic heterocycles. The lowest BCUT2D eigenvalue weighted by molar-refractivity contribution is -0.117. The van der Waals surface area contributed by atoms with Crippen LogP contribution in [0.4, 0.5) is 5.69 Å². The SMILES string of the molecule is N#C/C(=C/Nc1c(Cl)cccc1Cl)C(=O)NC1CCCCCCCCCCC1. The summed E-state index contributed by atoms with van der Waals surface area (Å²) in [5.74, 6) is -0.352. The number of benzene rings is 1. The first-order valence-corrected chi connectivity index (χ1v) is 11.0. The van der Waals surface area contributed by atoms with Gasteiger partial charge in [0.25, 0.3) is 5.91 Å². The molecule has 0 unspecified atom stereocenters. The molecule has 1 fully saturated rings. The highest BCUT2D eigenvalue weighted by Crippen LogP contribution is 2.29. The van der Waals surface area contributed by atoms with Crippen LogP contribution in [-0.4, -0.2) is 11.9 Å². The van der Waals surface area contributed by atoms with E-state index in [1.54, 1.807) is 18.2 Å². The second-order valence-corrected chi connectivity index (χ2v) is 8.15. The van der Waals surface area contributed by atoms with Crippen molar-refractivity contribution in [2.24, 2.45) is 0 Å². The average Bonchev–Trinajstić information content (AvgIpc) is 2.66. The minimum absolute atomic E-state index is 0.0158. The summed E-state index contributed by atoms with van der Waals surface area (Å²) in [4.78, 5) is 12.6. The van der Waals surface area contributed by atoms with Gasteiger partial charge in [-0.25, -0.2) is 0 Å². The largest absolute Gasteiger partial charge is 0.358 e. The standard InChI is InChI=1S/C22H29Cl2N3O/c23-19-13-10-14-20(24)21(19)26-16-17(15-25)22(28)27-18-11-8-6-4-2-1-3-5-7-9-12-18/h10,13-14,16,18,26H,1-9,11-12H2,(H,27,28)/b17-16-. The van der Waals surface area contributed by atoms with Crippen LogP contribution in [0.25, 0.3) is 0 Å². The molecule has 2 rings (SSSR count). The van der Waals surface area contributed by atoms with Crippen LogP contribution in [0.5, 0.6) is 0 Å². The van der Waals surface area contributed by atoms with E-state index < -0.39 is 0 Å². The van der Waals surface area contributed by atoms with E-state index in [-0.39, 0.29) is 17.5 Å². The van der Waals surface area contributed by atoms with Gasteiger partial charge < -0.3 is 10.6 Å². The van der Waals surface area contributed by atoms with Gasteiger partial charge in [-0.05, 0) is 25.0 Å². The van der Waals surface area contributed by atoms with Crippen LogP contribution in [0.15, 0.2) is 30.0 Å². The molecule has 1 saturated carbocycles. The fourth-order valence-electron chi connectivity index (χ4n) is 3.50. The van der Waals surface area contributed by atoms with Crippen LogP contribution in [0.2, 0.25) is 10.0 Å². The monoisotopic (exact) mass is 421 g/mol. The summed E-state index contributed by atoms with van der Waals surface area (Å²) in [5, 5.41) is 16.2. The first kappa shape index (κ1) is 22.6. The molecular formula is C22H29Cl2N3O. The Morgan fingerprint density at radius 3 is 1.96 bits per heavy atom.